The highest BCUT2D eigenvalue weighted by Crippen LogP contribution is 2.49. The lowest BCUT2D eigenvalue weighted by molar-refractivity contribution is -0.140. The van der Waals surface area contributed by atoms with Crippen LogP contribution in [0, 0.1) is 0 Å². The van der Waals surface area contributed by atoms with Crippen LogP contribution in [0.4, 0.5) is 0 Å². The molecular weight excluding hydrogens is 464 g/mol. The number of hydrogen-bond acceptors (Lipinski definition) is 9. The Bertz CT molecular complexity index is 1670. The van der Waals surface area contributed by atoms with Gasteiger partial charge in [0.05, 0.1) is 24.6 Å². The molecule has 0 spiro atoms. The fraction of sp³-hybridized carbons (Fsp3) is 0.111. The predicted octanol–water partition coefficient (Wildman–Crippen LogP) is 4.22. The van der Waals surface area contributed by atoms with E-state index in [0.29, 0.717) is 22.2 Å². The van der Waals surface area contributed by atoms with Gasteiger partial charge < -0.3 is 24.5 Å². The molecule has 1 atom stereocenters. The molecule has 9 heteroatoms. The second-order valence-corrected chi connectivity index (χ2v) is 8.11. The van der Waals surface area contributed by atoms with Crippen molar-refractivity contribution in [1.29, 1.82) is 0 Å². The minimum atomic E-state index is -0.985. The van der Waals surface area contributed by atoms with Crippen LogP contribution in [-0.2, 0) is 9.53 Å². The van der Waals surface area contributed by atoms with E-state index in [2.05, 4.69) is 9.97 Å². The highest BCUT2D eigenvalue weighted by Gasteiger charge is 2.32. The molecule has 0 amide bonds. The van der Waals surface area contributed by atoms with Crippen molar-refractivity contribution in [2.45, 2.75) is 12.3 Å². The molecule has 0 fully saturated rings. The van der Waals surface area contributed by atoms with Crippen LogP contribution < -0.4 is 5.43 Å². The lowest BCUT2D eigenvalue weighted by Gasteiger charge is -2.21. The number of nitrogens with zero attached hydrogens (tertiary/aromatic N) is 2. The number of esters is 1. The Morgan fingerprint density at radius 1 is 0.972 bits per heavy atom. The molecule has 2 aromatic heterocycles. The van der Waals surface area contributed by atoms with Gasteiger partial charge in [0.1, 0.15) is 16.7 Å². The number of methoxy groups -OCH3 is 1. The van der Waals surface area contributed by atoms with E-state index in [-0.39, 0.29) is 28.7 Å². The van der Waals surface area contributed by atoms with Crippen LogP contribution in [-0.4, -0.2) is 38.4 Å². The van der Waals surface area contributed by atoms with Gasteiger partial charge in [0.2, 0.25) is 5.75 Å². The van der Waals surface area contributed by atoms with Gasteiger partial charge in [-0.15, -0.1) is 0 Å². The summed E-state index contributed by atoms with van der Waals surface area (Å²) in [6.45, 7) is 0. The fourth-order valence-corrected chi connectivity index (χ4v) is 4.35. The number of para-hydroxylation sites is 1. The molecule has 0 saturated heterocycles. The van der Waals surface area contributed by atoms with Gasteiger partial charge in [0, 0.05) is 35.5 Å². The Morgan fingerprint density at radius 2 is 1.72 bits per heavy atom. The van der Waals surface area contributed by atoms with E-state index in [9.17, 15) is 24.9 Å². The largest absolute Gasteiger partial charge is 0.504 e. The first-order chi connectivity index (χ1) is 17.4. The molecule has 0 unspecified atom stereocenters. The first kappa shape index (κ1) is 22.9. The Kier molecular flexibility index (Phi) is 5.73. The molecule has 0 bridgehead atoms. The number of aromatic hydroxyl groups is 3. The zero-order chi connectivity index (χ0) is 25.4. The van der Waals surface area contributed by atoms with Crippen molar-refractivity contribution in [3.8, 4) is 28.6 Å². The van der Waals surface area contributed by atoms with Crippen LogP contribution in [0.15, 0.2) is 76.2 Å². The van der Waals surface area contributed by atoms with Crippen LogP contribution in [0.3, 0.4) is 0 Å². The number of aromatic nitrogens is 2. The van der Waals surface area contributed by atoms with E-state index >= 15 is 0 Å². The Balaban J connectivity index is 1.90. The first-order valence-corrected chi connectivity index (χ1v) is 11.0. The van der Waals surface area contributed by atoms with Gasteiger partial charge in [-0.1, -0.05) is 42.5 Å². The number of phenols is 3. The lowest BCUT2D eigenvalue weighted by Crippen LogP contribution is -2.13. The number of hydrogen-bond donors (Lipinski definition) is 3. The van der Waals surface area contributed by atoms with Crippen LogP contribution in [0.1, 0.15) is 23.5 Å². The minimum absolute atomic E-state index is 0.0706. The Hall–Kier alpha value is -4.92. The second-order valence-electron chi connectivity index (χ2n) is 8.11. The fourth-order valence-electron chi connectivity index (χ4n) is 4.35. The van der Waals surface area contributed by atoms with E-state index < -0.39 is 34.6 Å². The van der Waals surface area contributed by atoms with Gasteiger partial charge in [-0.25, -0.2) is 0 Å². The van der Waals surface area contributed by atoms with Gasteiger partial charge >= 0.3 is 5.97 Å². The van der Waals surface area contributed by atoms with Crippen molar-refractivity contribution < 1.29 is 29.3 Å². The average Bonchev–Trinajstić information content (AvgIpc) is 2.91. The topological polar surface area (TPSA) is 143 Å². The summed E-state index contributed by atoms with van der Waals surface area (Å²) in [6.07, 6.45) is 2.71. The molecule has 3 N–H and O–H groups in total. The molecule has 9 nitrogen and oxygen atoms in total. The summed E-state index contributed by atoms with van der Waals surface area (Å²) in [5.74, 6) is -3.90. The van der Waals surface area contributed by atoms with E-state index in [1.54, 1.807) is 48.5 Å². The highest BCUT2D eigenvalue weighted by atomic mass is 16.5. The van der Waals surface area contributed by atoms with Crippen molar-refractivity contribution in [3.05, 3.63) is 88.3 Å². The maximum atomic E-state index is 13.1. The molecule has 5 rings (SSSR count). The molecule has 0 aliphatic heterocycles. The number of phenolic OH excluding ortho intramolecular Hbond substituents is 3. The predicted molar refractivity (Wildman–Crippen MR) is 131 cm³/mol. The molecule has 36 heavy (non-hydrogen) atoms. The molecule has 3 aromatic carbocycles. The number of benzene rings is 3. The van der Waals surface area contributed by atoms with E-state index in [4.69, 9.17) is 9.15 Å². The third-order valence-electron chi connectivity index (χ3n) is 6.04. The summed E-state index contributed by atoms with van der Waals surface area (Å²) < 4.78 is 11.0. The third kappa shape index (κ3) is 3.76. The van der Waals surface area contributed by atoms with Crippen molar-refractivity contribution in [2.75, 3.05) is 7.11 Å². The Morgan fingerprint density at radius 3 is 2.47 bits per heavy atom. The van der Waals surface area contributed by atoms with Crippen molar-refractivity contribution in [2.24, 2.45) is 0 Å². The molecule has 0 saturated carbocycles. The summed E-state index contributed by atoms with van der Waals surface area (Å²) in [4.78, 5) is 34.3. The van der Waals surface area contributed by atoms with Gasteiger partial charge in [-0.2, -0.15) is 0 Å². The number of fused-ring (bicyclic) bond motifs is 2. The molecule has 0 radical (unpaired) electrons. The first-order valence-electron chi connectivity index (χ1n) is 11.0. The number of carbonyl (C=O) groups excluding carboxylic acids is 1. The van der Waals surface area contributed by atoms with Crippen LogP contribution in [0.2, 0.25) is 0 Å². The summed E-state index contributed by atoms with van der Waals surface area (Å²) in [6, 6.07) is 15.1. The van der Waals surface area contributed by atoms with Crippen LogP contribution >= 0.6 is 0 Å². The molecule has 0 aliphatic carbocycles. The standard InChI is InChI=1S/C27H20N2O7/c1-35-20(31)12-16(15-8-5-9-17-23(15)29-11-10-28-17)21-24(32)26(34)25(33)22-18(30)13-19(36-27(21)22)14-6-3-2-4-7-14/h2-11,13,16,32-34H,12H2,1H3/t16-/m1/s1. The molecular formula is C27H20N2O7. The number of rotatable bonds is 5. The summed E-state index contributed by atoms with van der Waals surface area (Å²) in [5.41, 5.74) is 1.13. The zero-order valence-electron chi connectivity index (χ0n) is 19.0. The SMILES string of the molecule is COC(=O)C[C@H](c1cccc2nccnc12)c1c(O)c(O)c(O)c2c(=O)cc(-c3ccccc3)oc12. The quantitative estimate of drug-likeness (QED) is 0.247. The third-order valence-corrected chi connectivity index (χ3v) is 6.04. The van der Waals surface area contributed by atoms with Crippen molar-refractivity contribution in [1.82, 2.24) is 9.97 Å². The van der Waals surface area contributed by atoms with E-state index in [0.717, 1.165) is 0 Å². The molecule has 180 valence electrons. The number of carbonyl (C=O) groups is 1. The van der Waals surface area contributed by atoms with E-state index in [1.165, 1.54) is 25.6 Å². The minimum Gasteiger partial charge on any atom is -0.504 e. The Labute approximate surface area is 203 Å². The second kappa shape index (κ2) is 9.03. The maximum absolute atomic E-state index is 13.1. The monoisotopic (exact) mass is 484 g/mol. The van der Waals surface area contributed by atoms with Crippen LogP contribution in [0.5, 0.6) is 17.2 Å². The molecule has 2 heterocycles. The van der Waals surface area contributed by atoms with Gasteiger partial charge in [0.15, 0.2) is 16.9 Å². The van der Waals surface area contributed by atoms with Gasteiger partial charge in [0.25, 0.3) is 0 Å². The average molecular weight is 484 g/mol. The van der Waals surface area contributed by atoms with E-state index in [1.807, 2.05) is 0 Å². The highest BCUT2D eigenvalue weighted by molar-refractivity contribution is 5.94. The van der Waals surface area contributed by atoms with Gasteiger partial charge in [-0.05, 0) is 11.6 Å². The molecule has 0 aliphatic rings. The summed E-state index contributed by atoms with van der Waals surface area (Å²) in [5, 5.41) is 31.9. The smallest absolute Gasteiger partial charge is 0.306 e. The zero-order valence-corrected chi connectivity index (χ0v) is 19.0. The normalized spacial score (nSPS) is 12.0. The van der Waals surface area contributed by atoms with Crippen molar-refractivity contribution in [3.63, 3.8) is 0 Å². The summed E-state index contributed by atoms with van der Waals surface area (Å²) in [7, 11) is 1.22. The number of ether oxygens (including phenoxy) is 1. The lowest BCUT2D eigenvalue weighted by atomic mass is 9.85. The van der Waals surface area contributed by atoms with Crippen LogP contribution in [0.25, 0.3) is 33.3 Å². The summed E-state index contributed by atoms with van der Waals surface area (Å²) >= 11 is 0. The molecule has 5 aromatic rings. The van der Waals surface area contributed by atoms with Gasteiger partial charge in [-0.3, -0.25) is 19.6 Å². The maximum Gasteiger partial charge on any atom is 0.306 e. The van der Waals surface area contributed by atoms with Crippen molar-refractivity contribution >= 4 is 28.0 Å².